The van der Waals surface area contributed by atoms with Gasteiger partial charge in [-0.15, -0.1) is 0 Å². The smallest absolute Gasteiger partial charge is 0.235 e. The fourth-order valence-corrected chi connectivity index (χ4v) is 6.24. The number of hydrogen-bond donors (Lipinski definition) is 3. The van der Waals surface area contributed by atoms with Crippen LogP contribution in [0.4, 0.5) is 0 Å². The van der Waals surface area contributed by atoms with E-state index < -0.39 is 23.5 Å². The molecule has 3 N–H and O–H groups in total. The van der Waals surface area contributed by atoms with Gasteiger partial charge in [-0.25, -0.2) is 0 Å². The molecule has 182 valence electrons. The Morgan fingerprint density at radius 3 is 2.50 bits per heavy atom. The van der Waals surface area contributed by atoms with E-state index in [1.54, 1.807) is 0 Å². The van der Waals surface area contributed by atoms with Crippen LogP contribution in [0.5, 0.6) is 0 Å². The Balaban J connectivity index is 1.85. The molecule has 1 fully saturated rings. The van der Waals surface area contributed by atoms with Crippen molar-refractivity contribution in [2.75, 3.05) is 0 Å². The summed E-state index contributed by atoms with van der Waals surface area (Å²) in [6.45, 7) is 6.02. The molecule has 5 nitrogen and oxygen atoms in total. The van der Waals surface area contributed by atoms with Crippen molar-refractivity contribution in [2.24, 2.45) is 23.2 Å². The van der Waals surface area contributed by atoms with Crippen LogP contribution in [0, 0.1) is 23.2 Å². The van der Waals surface area contributed by atoms with Crippen LogP contribution in [-0.4, -0.2) is 40.2 Å². The third kappa shape index (κ3) is 4.32. The summed E-state index contributed by atoms with van der Waals surface area (Å²) in [7, 11) is 0. The van der Waals surface area contributed by atoms with E-state index in [1.165, 1.54) is 12.2 Å². The number of benzene rings is 1. The molecular weight excluding hydrogens is 426 g/mol. The van der Waals surface area contributed by atoms with Gasteiger partial charge < -0.3 is 15.5 Å². The average molecular weight is 464 g/mol. The first-order chi connectivity index (χ1) is 16.3. The first kappa shape index (κ1) is 24.6. The highest BCUT2D eigenvalue weighted by atomic mass is 16.3. The maximum absolute atomic E-state index is 13.9. The van der Waals surface area contributed by atoms with Crippen LogP contribution < -0.4 is 5.32 Å². The highest BCUT2D eigenvalue weighted by molar-refractivity contribution is 6.14. The van der Waals surface area contributed by atoms with Crippen LogP contribution in [-0.2, 0) is 16.0 Å². The van der Waals surface area contributed by atoms with Gasteiger partial charge in [0.1, 0.15) is 5.41 Å². The molecule has 1 saturated heterocycles. The van der Waals surface area contributed by atoms with Crippen molar-refractivity contribution in [1.29, 1.82) is 0 Å². The molecule has 4 rings (SSSR count). The van der Waals surface area contributed by atoms with Crippen molar-refractivity contribution in [3.8, 4) is 0 Å². The summed E-state index contributed by atoms with van der Waals surface area (Å²) < 4.78 is 0. The standard InChI is InChI=1S/C29H37NO4/c1-18-9-7-13-22(31)15-16-25(32)29-23(14-8-10-18)27(33)20(3)19(2)26(29)24(30-28(29)34)17-21-11-5-4-6-12-21/h4-6,8,11-12,14-16,18,22-24,26-27,31,33H,7,9-10,13,17H2,1-3H3,(H,30,34)/b14-8+,16-15+/t18-,22-,23+,24+,26+,27-,29-/m1/s1. The van der Waals surface area contributed by atoms with Crippen LogP contribution in [0.25, 0.3) is 0 Å². The summed E-state index contributed by atoms with van der Waals surface area (Å²) in [5, 5.41) is 25.0. The lowest BCUT2D eigenvalue weighted by Gasteiger charge is -2.45. The first-order valence-corrected chi connectivity index (χ1v) is 12.5. The quantitative estimate of drug-likeness (QED) is 0.459. The number of aliphatic hydroxyl groups excluding tert-OH is 2. The normalized spacial score (nSPS) is 38.6. The van der Waals surface area contributed by atoms with Gasteiger partial charge in [-0.05, 0) is 56.2 Å². The minimum Gasteiger partial charge on any atom is -0.389 e. The maximum Gasteiger partial charge on any atom is 0.235 e. The molecule has 3 aliphatic rings. The Morgan fingerprint density at radius 2 is 1.76 bits per heavy atom. The lowest BCUT2D eigenvalue weighted by atomic mass is 9.55. The summed E-state index contributed by atoms with van der Waals surface area (Å²) in [5.74, 6) is -1.29. The number of rotatable bonds is 2. The number of hydrogen-bond acceptors (Lipinski definition) is 4. The number of allylic oxidation sites excluding steroid dienone is 2. The number of carbonyl (C=O) groups is 2. The summed E-state index contributed by atoms with van der Waals surface area (Å²) >= 11 is 0. The number of ketones is 1. The zero-order valence-corrected chi connectivity index (χ0v) is 20.4. The SMILES string of the molecule is CC1=C(C)[C@H]2[C@H](Cc3ccccc3)NC(=O)[C@]23C(=O)/C=C/[C@H](O)CCC[C@@H](C)C/C=C/[C@H]3[C@@H]1O. The molecule has 0 unspecified atom stereocenters. The Kier molecular flexibility index (Phi) is 7.25. The maximum atomic E-state index is 13.9. The third-order valence-electron chi connectivity index (χ3n) is 8.24. The van der Waals surface area contributed by atoms with Gasteiger partial charge in [-0.1, -0.05) is 73.9 Å². The second-order valence-electron chi connectivity index (χ2n) is 10.4. The fourth-order valence-electron chi connectivity index (χ4n) is 6.24. The van der Waals surface area contributed by atoms with Gasteiger partial charge in [-0.3, -0.25) is 9.59 Å². The molecule has 0 radical (unpaired) electrons. The fraction of sp³-hybridized carbons (Fsp3) is 0.517. The van der Waals surface area contributed by atoms with E-state index in [-0.39, 0.29) is 23.7 Å². The Bertz CT molecular complexity index is 1010. The van der Waals surface area contributed by atoms with E-state index in [9.17, 15) is 19.8 Å². The predicted molar refractivity (Wildman–Crippen MR) is 133 cm³/mol. The van der Waals surface area contributed by atoms with E-state index >= 15 is 0 Å². The Morgan fingerprint density at radius 1 is 1.03 bits per heavy atom. The lowest BCUT2D eigenvalue weighted by molar-refractivity contribution is -0.144. The number of aliphatic hydroxyl groups is 2. The molecule has 1 aromatic carbocycles. The van der Waals surface area contributed by atoms with Gasteiger partial charge in [0.15, 0.2) is 5.78 Å². The molecule has 0 bridgehead atoms. The van der Waals surface area contributed by atoms with Crippen LogP contribution in [0.15, 0.2) is 65.8 Å². The number of carbonyl (C=O) groups excluding carboxylic acids is 2. The highest BCUT2D eigenvalue weighted by Crippen LogP contribution is 2.55. The van der Waals surface area contributed by atoms with Crippen molar-refractivity contribution < 1.29 is 19.8 Å². The van der Waals surface area contributed by atoms with E-state index in [0.717, 1.165) is 36.0 Å². The molecule has 1 amide bonds. The number of nitrogens with one attached hydrogen (secondary N) is 1. The van der Waals surface area contributed by atoms with Crippen molar-refractivity contribution in [1.82, 2.24) is 5.32 Å². The molecule has 2 aliphatic carbocycles. The van der Waals surface area contributed by atoms with Gasteiger partial charge >= 0.3 is 0 Å². The van der Waals surface area contributed by atoms with E-state index in [1.807, 2.05) is 56.3 Å². The van der Waals surface area contributed by atoms with Crippen LogP contribution in [0.1, 0.15) is 52.0 Å². The molecule has 1 heterocycles. The molecule has 5 heteroatoms. The summed E-state index contributed by atoms with van der Waals surface area (Å²) in [6, 6.07) is 9.71. The van der Waals surface area contributed by atoms with Crippen molar-refractivity contribution in [3.05, 3.63) is 71.3 Å². The minimum absolute atomic E-state index is 0.259. The second kappa shape index (κ2) is 10.0. The van der Waals surface area contributed by atoms with E-state index in [0.29, 0.717) is 18.8 Å². The zero-order valence-electron chi connectivity index (χ0n) is 20.4. The van der Waals surface area contributed by atoms with Crippen LogP contribution >= 0.6 is 0 Å². The van der Waals surface area contributed by atoms with Crippen LogP contribution in [0.2, 0.25) is 0 Å². The van der Waals surface area contributed by atoms with Gasteiger partial charge in [-0.2, -0.15) is 0 Å². The van der Waals surface area contributed by atoms with Crippen molar-refractivity contribution in [2.45, 2.75) is 71.1 Å². The van der Waals surface area contributed by atoms with E-state index in [2.05, 4.69) is 12.2 Å². The highest BCUT2D eigenvalue weighted by Gasteiger charge is 2.66. The van der Waals surface area contributed by atoms with Gasteiger partial charge in [0.2, 0.25) is 5.91 Å². The number of amides is 1. The predicted octanol–water partition coefficient (Wildman–Crippen LogP) is 3.91. The van der Waals surface area contributed by atoms with Gasteiger partial charge in [0.05, 0.1) is 12.2 Å². The summed E-state index contributed by atoms with van der Waals surface area (Å²) in [6.07, 6.45) is 9.06. The van der Waals surface area contributed by atoms with Crippen LogP contribution in [0.3, 0.4) is 0 Å². The molecule has 1 aliphatic heterocycles. The van der Waals surface area contributed by atoms with Crippen molar-refractivity contribution in [3.63, 3.8) is 0 Å². The molecule has 7 atom stereocenters. The molecule has 1 spiro atoms. The Hall–Kier alpha value is -2.50. The monoisotopic (exact) mass is 463 g/mol. The topological polar surface area (TPSA) is 86.6 Å². The average Bonchev–Trinajstić information content (AvgIpc) is 3.11. The Labute approximate surface area is 202 Å². The second-order valence-corrected chi connectivity index (χ2v) is 10.4. The first-order valence-electron chi connectivity index (χ1n) is 12.5. The largest absolute Gasteiger partial charge is 0.389 e. The molecule has 0 aromatic heterocycles. The molecule has 1 aromatic rings. The molecule has 0 saturated carbocycles. The summed E-state index contributed by atoms with van der Waals surface area (Å²) in [4.78, 5) is 27.8. The van der Waals surface area contributed by atoms with Gasteiger partial charge in [0.25, 0.3) is 0 Å². The van der Waals surface area contributed by atoms with E-state index in [4.69, 9.17) is 0 Å². The third-order valence-corrected chi connectivity index (χ3v) is 8.24. The molecular formula is C29H37NO4. The van der Waals surface area contributed by atoms with Gasteiger partial charge in [0, 0.05) is 17.9 Å². The minimum atomic E-state index is -1.44. The molecule has 34 heavy (non-hydrogen) atoms. The zero-order chi connectivity index (χ0) is 24.5. The van der Waals surface area contributed by atoms with Crippen molar-refractivity contribution >= 4 is 11.7 Å². The lowest BCUT2D eigenvalue weighted by Crippen LogP contribution is -2.55. The summed E-state index contributed by atoms with van der Waals surface area (Å²) in [5.41, 5.74) is 1.38.